The number of benzene rings is 1. The zero-order chi connectivity index (χ0) is 13.0. The second-order valence-electron chi connectivity index (χ2n) is 3.55. The van der Waals surface area contributed by atoms with E-state index >= 15 is 0 Å². The van der Waals surface area contributed by atoms with E-state index in [1.165, 1.54) is 6.20 Å². The highest BCUT2D eigenvalue weighted by Crippen LogP contribution is 2.19. The van der Waals surface area contributed by atoms with Crippen molar-refractivity contribution in [1.82, 2.24) is 4.98 Å². The topological polar surface area (TPSA) is 39.2 Å². The first-order valence-electron chi connectivity index (χ1n) is 5.19. The van der Waals surface area contributed by atoms with Crippen LogP contribution in [0.4, 0.5) is 0 Å². The van der Waals surface area contributed by atoms with E-state index in [0.717, 1.165) is 5.56 Å². The number of halogens is 2. The molecule has 5 heteroatoms. The van der Waals surface area contributed by atoms with Crippen molar-refractivity contribution < 1.29 is 9.53 Å². The van der Waals surface area contributed by atoms with E-state index in [1.807, 2.05) is 30.3 Å². The van der Waals surface area contributed by atoms with Crippen molar-refractivity contribution >= 4 is 33.5 Å². The molecule has 0 aliphatic carbocycles. The van der Waals surface area contributed by atoms with Gasteiger partial charge in [-0.25, -0.2) is 9.78 Å². The van der Waals surface area contributed by atoms with Crippen LogP contribution in [-0.4, -0.2) is 11.0 Å². The van der Waals surface area contributed by atoms with E-state index in [2.05, 4.69) is 20.9 Å². The fourth-order valence-corrected chi connectivity index (χ4v) is 1.88. The number of hydrogen-bond donors (Lipinski definition) is 0. The summed E-state index contributed by atoms with van der Waals surface area (Å²) in [6.07, 6.45) is 1.52. The number of ether oxygens (including phenoxy) is 1. The van der Waals surface area contributed by atoms with Gasteiger partial charge in [-0.15, -0.1) is 0 Å². The third-order valence-electron chi connectivity index (χ3n) is 2.24. The summed E-state index contributed by atoms with van der Waals surface area (Å²) >= 11 is 9.07. The molecule has 0 aliphatic rings. The number of carbonyl (C=O) groups is 1. The van der Waals surface area contributed by atoms with Crippen molar-refractivity contribution in [2.75, 3.05) is 0 Å². The zero-order valence-corrected chi connectivity index (χ0v) is 11.6. The number of carbonyl (C=O) groups excluding carboxylic acids is 1. The van der Waals surface area contributed by atoms with Gasteiger partial charge in [-0.3, -0.25) is 0 Å². The number of esters is 1. The molecule has 2 aromatic rings. The molecule has 0 radical (unpaired) electrons. The van der Waals surface area contributed by atoms with E-state index in [4.69, 9.17) is 16.3 Å². The number of pyridine rings is 1. The maximum Gasteiger partial charge on any atom is 0.341 e. The quantitative estimate of drug-likeness (QED) is 0.635. The molecular weight excluding hydrogens is 318 g/mol. The average molecular weight is 327 g/mol. The van der Waals surface area contributed by atoms with Gasteiger partial charge in [-0.05, 0) is 27.6 Å². The fourth-order valence-electron chi connectivity index (χ4n) is 1.37. The predicted octanol–water partition coefficient (Wildman–Crippen LogP) is 3.85. The zero-order valence-electron chi connectivity index (χ0n) is 9.27. The molecule has 0 aliphatic heterocycles. The normalized spacial score (nSPS) is 10.1. The van der Waals surface area contributed by atoms with Gasteiger partial charge in [0.15, 0.2) is 0 Å². The van der Waals surface area contributed by atoms with Gasteiger partial charge in [0.05, 0.1) is 5.56 Å². The Labute approximate surface area is 118 Å². The molecule has 92 valence electrons. The van der Waals surface area contributed by atoms with Crippen LogP contribution in [0.5, 0.6) is 0 Å². The lowest BCUT2D eigenvalue weighted by Crippen LogP contribution is -2.06. The third-order valence-corrected chi connectivity index (χ3v) is 2.97. The number of aromatic nitrogens is 1. The first-order valence-corrected chi connectivity index (χ1v) is 6.36. The molecule has 0 N–H and O–H groups in total. The molecule has 1 heterocycles. The van der Waals surface area contributed by atoms with Crippen LogP contribution in [-0.2, 0) is 11.3 Å². The Morgan fingerprint density at radius 3 is 2.78 bits per heavy atom. The van der Waals surface area contributed by atoms with Gasteiger partial charge in [-0.1, -0.05) is 41.9 Å². The van der Waals surface area contributed by atoms with Gasteiger partial charge in [0.2, 0.25) is 0 Å². The van der Waals surface area contributed by atoms with Crippen LogP contribution < -0.4 is 0 Å². The molecule has 0 unspecified atom stereocenters. The van der Waals surface area contributed by atoms with E-state index in [-0.39, 0.29) is 17.3 Å². The molecule has 0 saturated carbocycles. The van der Waals surface area contributed by atoms with Crippen LogP contribution in [0.25, 0.3) is 0 Å². The largest absolute Gasteiger partial charge is 0.457 e. The molecule has 0 bridgehead atoms. The third kappa shape index (κ3) is 3.31. The Bertz CT molecular complexity index is 560. The minimum absolute atomic E-state index is 0.135. The molecule has 0 fully saturated rings. The van der Waals surface area contributed by atoms with E-state index < -0.39 is 5.97 Å². The Morgan fingerprint density at radius 1 is 1.33 bits per heavy atom. The Kier molecular flexibility index (Phi) is 4.33. The van der Waals surface area contributed by atoms with Crippen molar-refractivity contribution in [2.45, 2.75) is 6.61 Å². The first kappa shape index (κ1) is 13.1. The Hall–Kier alpha value is -1.39. The SMILES string of the molecule is O=C(OCc1ccccc1)c1cc(Br)cnc1Cl. The fraction of sp³-hybridized carbons (Fsp3) is 0.0769. The Balaban J connectivity index is 2.06. The summed E-state index contributed by atoms with van der Waals surface area (Å²) in [5.41, 5.74) is 1.17. The molecule has 0 spiro atoms. The molecule has 0 saturated heterocycles. The first-order chi connectivity index (χ1) is 8.66. The molecule has 3 nitrogen and oxygen atoms in total. The second-order valence-corrected chi connectivity index (χ2v) is 4.83. The summed E-state index contributed by atoms with van der Waals surface area (Å²) in [6.45, 7) is 0.211. The lowest BCUT2D eigenvalue weighted by molar-refractivity contribution is 0.0472. The van der Waals surface area contributed by atoms with Crippen LogP contribution in [0, 0.1) is 0 Å². The van der Waals surface area contributed by atoms with Crippen molar-refractivity contribution in [3.8, 4) is 0 Å². The van der Waals surface area contributed by atoms with E-state index in [9.17, 15) is 4.79 Å². The summed E-state index contributed by atoms with van der Waals surface area (Å²) in [6, 6.07) is 11.0. The van der Waals surface area contributed by atoms with Crippen LogP contribution in [0.2, 0.25) is 5.15 Å². The number of nitrogens with zero attached hydrogens (tertiary/aromatic N) is 1. The second kappa shape index (κ2) is 5.98. The van der Waals surface area contributed by atoms with Gasteiger partial charge < -0.3 is 4.74 Å². The van der Waals surface area contributed by atoms with E-state index in [0.29, 0.717) is 4.47 Å². The number of hydrogen-bond acceptors (Lipinski definition) is 3. The van der Waals surface area contributed by atoms with E-state index in [1.54, 1.807) is 6.07 Å². The van der Waals surface area contributed by atoms with Crippen LogP contribution >= 0.6 is 27.5 Å². The van der Waals surface area contributed by atoms with Crippen molar-refractivity contribution in [3.63, 3.8) is 0 Å². The van der Waals surface area contributed by atoms with Gasteiger partial charge in [-0.2, -0.15) is 0 Å². The molecular formula is C13H9BrClNO2. The average Bonchev–Trinajstić information content (AvgIpc) is 2.40. The maximum absolute atomic E-state index is 11.8. The lowest BCUT2D eigenvalue weighted by atomic mass is 10.2. The molecule has 2 rings (SSSR count). The van der Waals surface area contributed by atoms with Crippen molar-refractivity contribution in [1.29, 1.82) is 0 Å². The van der Waals surface area contributed by atoms with Crippen molar-refractivity contribution in [2.24, 2.45) is 0 Å². The lowest BCUT2D eigenvalue weighted by Gasteiger charge is -2.06. The molecule has 1 aromatic heterocycles. The number of rotatable bonds is 3. The highest BCUT2D eigenvalue weighted by Gasteiger charge is 2.13. The summed E-state index contributed by atoms with van der Waals surface area (Å²) in [4.78, 5) is 15.7. The summed E-state index contributed by atoms with van der Waals surface area (Å²) < 4.78 is 5.84. The van der Waals surface area contributed by atoms with Gasteiger partial charge in [0, 0.05) is 10.7 Å². The van der Waals surface area contributed by atoms with Crippen LogP contribution in [0.3, 0.4) is 0 Å². The van der Waals surface area contributed by atoms with Gasteiger partial charge in [0.25, 0.3) is 0 Å². The predicted molar refractivity (Wildman–Crippen MR) is 72.5 cm³/mol. The van der Waals surface area contributed by atoms with Crippen LogP contribution in [0.1, 0.15) is 15.9 Å². The standard InChI is InChI=1S/C13H9BrClNO2/c14-10-6-11(12(15)16-7-10)13(17)18-8-9-4-2-1-3-5-9/h1-7H,8H2. The summed E-state index contributed by atoms with van der Waals surface area (Å²) in [5.74, 6) is -0.488. The van der Waals surface area contributed by atoms with Crippen LogP contribution in [0.15, 0.2) is 47.1 Å². The van der Waals surface area contributed by atoms with Crippen molar-refractivity contribution in [3.05, 3.63) is 63.3 Å². The highest BCUT2D eigenvalue weighted by atomic mass is 79.9. The summed E-state index contributed by atoms with van der Waals surface area (Å²) in [5, 5.41) is 0.135. The molecule has 1 aromatic carbocycles. The minimum Gasteiger partial charge on any atom is -0.457 e. The van der Waals surface area contributed by atoms with Gasteiger partial charge >= 0.3 is 5.97 Å². The maximum atomic E-state index is 11.8. The smallest absolute Gasteiger partial charge is 0.341 e. The highest BCUT2D eigenvalue weighted by molar-refractivity contribution is 9.10. The molecule has 18 heavy (non-hydrogen) atoms. The minimum atomic E-state index is -0.488. The monoisotopic (exact) mass is 325 g/mol. The Morgan fingerprint density at radius 2 is 2.06 bits per heavy atom. The molecule has 0 atom stereocenters. The summed E-state index contributed by atoms with van der Waals surface area (Å²) in [7, 11) is 0. The molecule has 0 amide bonds. The van der Waals surface area contributed by atoms with Gasteiger partial charge in [0.1, 0.15) is 11.8 Å².